The van der Waals surface area contributed by atoms with Gasteiger partial charge in [-0.3, -0.25) is 4.79 Å². The number of carbonyl (C=O) groups excluding carboxylic acids is 1. The first-order chi connectivity index (χ1) is 9.74. The van der Waals surface area contributed by atoms with Gasteiger partial charge >= 0.3 is 0 Å². The Labute approximate surface area is 129 Å². The van der Waals surface area contributed by atoms with Crippen LogP contribution in [0.4, 0.5) is 0 Å². The first kappa shape index (κ1) is 18.4. The van der Waals surface area contributed by atoms with Gasteiger partial charge in [0.1, 0.15) is 0 Å². The van der Waals surface area contributed by atoms with E-state index in [1.54, 1.807) is 0 Å². The van der Waals surface area contributed by atoms with Gasteiger partial charge in [0.15, 0.2) is 0 Å². The van der Waals surface area contributed by atoms with Crippen LogP contribution in [0, 0.1) is 5.92 Å². The molecule has 0 aromatic heterocycles. The van der Waals surface area contributed by atoms with Crippen molar-refractivity contribution in [1.82, 2.24) is 10.2 Å². The highest BCUT2D eigenvalue weighted by atomic mass is 16.5. The van der Waals surface area contributed by atoms with Gasteiger partial charge in [0, 0.05) is 25.2 Å². The summed E-state index contributed by atoms with van der Waals surface area (Å²) >= 11 is 0. The van der Waals surface area contributed by atoms with Crippen LogP contribution in [-0.2, 0) is 9.53 Å². The van der Waals surface area contributed by atoms with E-state index in [0.717, 1.165) is 25.7 Å². The lowest BCUT2D eigenvalue weighted by Crippen LogP contribution is -2.58. The van der Waals surface area contributed by atoms with Gasteiger partial charge in [-0.15, -0.1) is 0 Å². The Kier molecular flexibility index (Phi) is 7.10. The lowest BCUT2D eigenvalue weighted by atomic mass is 9.91. The second kappa shape index (κ2) is 8.11. The number of nitrogens with two attached hydrogens (primary N) is 1. The molecule has 21 heavy (non-hydrogen) atoms. The third-order valence-corrected chi connectivity index (χ3v) is 4.25. The van der Waals surface area contributed by atoms with Gasteiger partial charge in [0.2, 0.25) is 5.91 Å². The fourth-order valence-corrected chi connectivity index (χ4v) is 2.58. The van der Waals surface area contributed by atoms with Crippen molar-refractivity contribution < 1.29 is 9.53 Å². The maximum Gasteiger partial charge on any atom is 0.237 e. The van der Waals surface area contributed by atoms with Crippen molar-refractivity contribution in [2.24, 2.45) is 11.7 Å². The summed E-state index contributed by atoms with van der Waals surface area (Å²) in [6, 6.07) is 0.486. The molecule has 0 aromatic rings. The van der Waals surface area contributed by atoms with Gasteiger partial charge in [0.25, 0.3) is 0 Å². The molecule has 5 heteroatoms. The van der Waals surface area contributed by atoms with E-state index in [1.165, 1.54) is 12.8 Å². The molecule has 3 N–H and O–H groups in total. The Morgan fingerprint density at radius 1 is 1.43 bits per heavy atom. The molecular formula is C16H33N3O2. The molecule has 1 rings (SSSR count). The van der Waals surface area contributed by atoms with Crippen molar-refractivity contribution in [3.8, 4) is 0 Å². The van der Waals surface area contributed by atoms with Crippen molar-refractivity contribution >= 4 is 5.91 Å². The monoisotopic (exact) mass is 299 g/mol. The molecule has 1 aliphatic carbocycles. The molecule has 0 spiro atoms. The maximum atomic E-state index is 11.8. The van der Waals surface area contributed by atoms with E-state index in [4.69, 9.17) is 10.5 Å². The molecule has 5 nitrogen and oxygen atoms in total. The third-order valence-electron chi connectivity index (χ3n) is 4.25. The number of nitrogens with zero attached hydrogens (tertiary/aromatic N) is 1. The number of likely N-dealkylation sites (N-methyl/N-ethyl adjacent to an activating group) is 1. The van der Waals surface area contributed by atoms with Gasteiger partial charge in [-0.1, -0.05) is 0 Å². The molecule has 124 valence electrons. The quantitative estimate of drug-likeness (QED) is 0.565. The normalized spacial score (nSPS) is 19.8. The van der Waals surface area contributed by atoms with Crippen molar-refractivity contribution in [3.63, 3.8) is 0 Å². The highest BCUT2D eigenvalue weighted by molar-refractivity contribution is 5.84. The van der Waals surface area contributed by atoms with E-state index in [0.29, 0.717) is 6.42 Å². The minimum absolute atomic E-state index is 0.224. The number of ether oxygens (including phenoxy) is 1. The molecule has 0 radical (unpaired) electrons. The standard InChI is InChI=1S/C16H33N3O2/c1-12(2)18-16(4,15(17)20)10-13(3)19(5)8-9-21-11-14-6-7-14/h12-14,18H,6-11H2,1-5H3,(H2,17,20). The SMILES string of the molecule is CC(C)NC(C)(CC(C)N(C)CCOCC1CC1)C(N)=O. The summed E-state index contributed by atoms with van der Waals surface area (Å²) in [4.78, 5) is 14.0. The molecule has 1 aliphatic rings. The average Bonchev–Trinajstić information content (AvgIpc) is 3.16. The summed E-state index contributed by atoms with van der Waals surface area (Å²) in [6.07, 6.45) is 3.34. The van der Waals surface area contributed by atoms with Crippen LogP contribution >= 0.6 is 0 Å². The summed E-state index contributed by atoms with van der Waals surface area (Å²) in [5, 5.41) is 3.30. The number of nitrogens with one attached hydrogen (secondary N) is 1. The van der Waals surface area contributed by atoms with Crippen LogP contribution in [0.5, 0.6) is 0 Å². The number of carbonyl (C=O) groups is 1. The van der Waals surface area contributed by atoms with Gasteiger partial charge < -0.3 is 20.7 Å². The Morgan fingerprint density at radius 2 is 2.05 bits per heavy atom. The van der Waals surface area contributed by atoms with E-state index in [2.05, 4.69) is 24.2 Å². The summed E-state index contributed by atoms with van der Waals surface area (Å²) < 4.78 is 5.67. The van der Waals surface area contributed by atoms with Crippen molar-refractivity contribution in [3.05, 3.63) is 0 Å². The Hall–Kier alpha value is -0.650. The van der Waals surface area contributed by atoms with Crippen LogP contribution in [0.3, 0.4) is 0 Å². The van der Waals surface area contributed by atoms with Gasteiger partial charge in [-0.25, -0.2) is 0 Å². The van der Waals surface area contributed by atoms with Crippen molar-refractivity contribution in [2.75, 3.05) is 26.8 Å². The first-order valence-corrected chi connectivity index (χ1v) is 8.10. The molecular weight excluding hydrogens is 266 g/mol. The summed E-state index contributed by atoms with van der Waals surface area (Å²) in [5.74, 6) is 0.516. The van der Waals surface area contributed by atoms with Crippen LogP contribution in [0.1, 0.15) is 47.0 Å². The van der Waals surface area contributed by atoms with Gasteiger partial charge in [0.05, 0.1) is 12.1 Å². The lowest BCUT2D eigenvalue weighted by molar-refractivity contribution is -0.124. The lowest BCUT2D eigenvalue weighted by Gasteiger charge is -2.35. The fraction of sp³-hybridized carbons (Fsp3) is 0.938. The first-order valence-electron chi connectivity index (χ1n) is 8.10. The van der Waals surface area contributed by atoms with Crippen molar-refractivity contribution in [2.45, 2.75) is 64.6 Å². The van der Waals surface area contributed by atoms with Crippen LogP contribution < -0.4 is 11.1 Å². The third kappa shape index (κ3) is 6.76. The zero-order valence-corrected chi connectivity index (χ0v) is 14.3. The number of hydrogen-bond donors (Lipinski definition) is 2. The molecule has 0 aromatic carbocycles. The highest BCUT2D eigenvalue weighted by Crippen LogP contribution is 2.28. The second-order valence-corrected chi connectivity index (χ2v) is 7.05. The number of primary amides is 1. The number of hydrogen-bond acceptors (Lipinski definition) is 4. The molecule has 0 bridgehead atoms. The average molecular weight is 299 g/mol. The fourth-order valence-electron chi connectivity index (χ4n) is 2.58. The predicted octanol–water partition coefficient (Wildman–Crippen LogP) is 1.37. The predicted molar refractivity (Wildman–Crippen MR) is 86.1 cm³/mol. The van der Waals surface area contributed by atoms with E-state index in [9.17, 15) is 4.79 Å². The Bertz CT molecular complexity index is 331. The highest BCUT2D eigenvalue weighted by Gasteiger charge is 2.34. The summed E-state index contributed by atoms with van der Waals surface area (Å²) in [6.45, 7) is 10.6. The number of amides is 1. The van der Waals surface area contributed by atoms with Crippen LogP contribution in [0.25, 0.3) is 0 Å². The topological polar surface area (TPSA) is 67.6 Å². The van der Waals surface area contributed by atoms with Crippen LogP contribution in [0.2, 0.25) is 0 Å². The molecule has 0 heterocycles. The zero-order valence-electron chi connectivity index (χ0n) is 14.3. The van der Waals surface area contributed by atoms with Crippen molar-refractivity contribution in [1.29, 1.82) is 0 Å². The van der Waals surface area contributed by atoms with E-state index in [1.807, 2.05) is 20.8 Å². The van der Waals surface area contributed by atoms with Crippen LogP contribution in [0.15, 0.2) is 0 Å². The molecule has 2 atom stereocenters. The minimum Gasteiger partial charge on any atom is -0.380 e. The molecule has 0 aliphatic heterocycles. The largest absolute Gasteiger partial charge is 0.380 e. The number of rotatable bonds is 11. The Balaban J connectivity index is 2.35. The van der Waals surface area contributed by atoms with Crippen LogP contribution in [-0.4, -0.2) is 55.2 Å². The van der Waals surface area contributed by atoms with E-state index in [-0.39, 0.29) is 18.0 Å². The van der Waals surface area contributed by atoms with E-state index >= 15 is 0 Å². The second-order valence-electron chi connectivity index (χ2n) is 7.05. The molecule has 1 amide bonds. The zero-order chi connectivity index (χ0) is 16.0. The molecule has 2 unspecified atom stereocenters. The summed E-state index contributed by atoms with van der Waals surface area (Å²) in [5.41, 5.74) is 4.92. The molecule has 1 saturated carbocycles. The van der Waals surface area contributed by atoms with Gasteiger partial charge in [-0.2, -0.15) is 0 Å². The Morgan fingerprint density at radius 3 is 2.52 bits per heavy atom. The summed E-state index contributed by atoms with van der Waals surface area (Å²) in [7, 11) is 2.07. The maximum absolute atomic E-state index is 11.8. The van der Waals surface area contributed by atoms with Gasteiger partial charge in [-0.05, 0) is 59.9 Å². The molecule has 1 fully saturated rings. The molecule has 0 saturated heterocycles. The smallest absolute Gasteiger partial charge is 0.237 e. The van der Waals surface area contributed by atoms with E-state index < -0.39 is 5.54 Å². The minimum atomic E-state index is -0.670.